The zero-order valence-electron chi connectivity index (χ0n) is 10.3. The van der Waals surface area contributed by atoms with Gasteiger partial charge in [-0.2, -0.15) is 0 Å². The molecule has 1 N–H and O–H groups in total. The zero-order chi connectivity index (χ0) is 12.8. The van der Waals surface area contributed by atoms with Crippen LogP contribution in [0.3, 0.4) is 0 Å². The van der Waals surface area contributed by atoms with Crippen LogP contribution < -0.4 is 5.32 Å². The number of amidine groups is 1. The van der Waals surface area contributed by atoms with E-state index >= 15 is 0 Å². The summed E-state index contributed by atoms with van der Waals surface area (Å²) in [5.74, 6) is 0.954. The second kappa shape index (κ2) is 3.79. The first-order chi connectivity index (χ1) is 9.36. The van der Waals surface area contributed by atoms with Gasteiger partial charge in [0.2, 0.25) is 0 Å². The van der Waals surface area contributed by atoms with Crippen molar-refractivity contribution >= 4 is 11.6 Å². The van der Waals surface area contributed by atoms with Crippen LogP contribution in [0.5, 0.6) is 0 Å². The van der Waals surface area contributed by atoms with Crippen LogP contribution in [0.15, 0.2) is 47.5 Å². The molecule has 0 bridgehead atoms. The van der Waals surface area contributed by atoms with Crippen LogP contribution in [-0.2, 0) is 0 Å². The molecular formula is C16H12N2O. The fourth-order valence-corrected chi connectivity index (χ4v) is 2.85. The van der Waals surface area contributed by atoms with Crippen molar-refractivity contribution in [2.75, 3.05) is 13.1 Å². The predicted octanol–water partition coefficient (Wildman–Crippen LogP) is 2.25. The van der Waals surface area contributed by atoms with E-state index in [0.717, 1.165) is 46.7 Å². The van der Waals surface area contributed by atoms with Crippen LogP contribution in [0.4, 0.5) is 0 Å². The van der Waals surface area contributed by atoms with E-state index in [0.29, 0.717) is 0 Å². The number of nitrogens with one attached hydrogen (secondary N) is 1. The molecule has 3 heteroatoms. The van der Waals surface area contributed by atoms with Gasteiger partial charge in [0.15, 0.2) is 5.78 Å². The maximum atomic E-state index is 12.6. The van der Waals surface area contributed by atoms with Crippen molar-refractivity contribution in [2.45, 2.75) is 0 Å². The predicted molar refractivity (Wildman–Crippen MR) is 74.7 cm³/mol. The van der Waals surface area contributed by atoms with Crippen molar-refractivity contribution in [2.24, 2.45) is 4.99 Å². The molecule has 0 unspecified atom stereocenters. The summed E-state index contributed by atoms with van der Waals surface area (Å²) >= 11 is 0. The molecule has 1 heterocycles. The molecule has 2 aromatic rings. The summed E-state index contributed by atoms with van der Waals surface area (Å²) in [5.41, 5.74) is 4.56. The van der Waals surface area contributed by atoms with E-state index in [1.807, 2.05) is 42.5 Å². The topological polar surface area (TPSA) is 41.5 Å². The van der Waals surface area contributed by atoms with Crippen LogP contribution in [0.1, 0.15) is 21.5 Å². The Hall–Kier alpha value is -2.42. The number of carbonyl (C=O) groups excluding carboxylic acids is 1. The third-order valence-corrected chi connectivity index (χ3v) is 3.68. The molecule has 0 atom stereocenters. The number of ketones is 1. The second-order valence-electron chi connectivity index (χ2n) is 4.76. The van der Waals surface area contributed by atoms with Crippen molar-refractivity contribution in [1.29, 1.82) is 0 Å². The molecule has 92 valence electrons. The van der Waals surface area contributed by atoms with E-state index < -0.39 is 0 Å². The summed E-state index contributed by atoms with van der Waals surface area (Å²) in [4.78, 5) is 17.0. The fourth-order valence-electron chi connectivity index (χ4n) is 2.85. The highest BCUT2D eigenvalue weighted by molar-refractivity contribution is 6.26. The monoisotopic (exact) mass is 248 g/mol. The van der Waals surface area contributed by atoms with Gasteiger partial charge in [-0.05, 0) is 11.1 Å². The second-order valence-corrected chi connectivity index (χ2v) is 4.76. The lowest BCUT2D eigenvalue weighted by Gasteiger charge is -2.07. The van der Waals surface area contributed by atoms with Gasteiger partial charge in [0, 0.05) is 23.2 Å². The summed E-state index contributed by atoms with van der Waals surface area (Å²) < 4.78 is 0. The van der Waals surface area contributed by atoms with Gasteiger partial charge in [0.25, 0.3) is 0 Å². The van der Waals surface area contributed by atoms with Crippen LogP contribution in [-0.4, -0.2) is 24.7 Å². The minimum absolute atomic E-state index is 0.109. The maximum absolute atomic E-state index is 12.6. The molecule has 0 saturated heterocycles. The molecule has 0 amide bonds. The lowest BCUT2D eigenvalue weighted by Crippen LogP contribution is -2.21. The average Bonchev–Trinajstić information content (AvgIpc) is 3.08. The molecule has 19 heavy (non-hydrogen) atoms. The lowest BCUT2D eigenvalue weighted by atomic mass is 10.00. The number of rotatable bonds is 1. The van der Waals surface area contributed by atoms with Crippen molar-refractivity contribution < 1.29 is 4.79 Å². The first-order valence-corrected chi connectivity index (χ1v) is 6.42. The van der Waals surface area contributed by atoms with Crippen molar-refractivity contribution in [3.63, 3.8) is 0 Å². The number of hydrogen-bond donors (Lipinski definition) is 1. The molecule has 1 aliphatic heterocycles. The minimum atomic E-state index is 0.109. The Labute approximate surface area is 111 Å². The fraction of sp³-hybridized carbons (Fsp3) is 0.125. The van der Waals surface area contributed by atoms with E-state index in [-0.39, 0.29) is 5.78 Å². The molecule has 1 aliphatic carbocycles. The molecule has 0 saturated carbocycles. The lowest BCUT2D eigenvalue weighted by molar-refractivity contribution is 0.104. The van der Waals surface area contributed by atoms with Gasteiger partial charge in [-0.1, -0.05) is 42.5 Å². The number of hydrogen-bond acceptors (Lipinski definition) is 3. The molecule has 2 aromatic carbocycles. The zero-order valence-corrected chi connectivity index (χ0v) is 10.3. The van der Waals surface area contributed by atoms with E-state index in [4.69, 9.17) is 0 Å². The number of nitrogens with zero attached hydrogens (tertiary/aromatic N) is 1. The van der Waals surface area contributed by atoms with Crippen LogP contribution in [0, 0.1) is 0 Å². The molecule has 0 spiro atoms. The van der Waals surface area contributed by atoms with Gasteiger partial charge in [0.1, 0.15) is 5.84 Å². The van der Waals surface area contributed by atoms with Gasteiger partial charge in [-0.25, -0.2) is 0 Å². The normalized spacial score (nSPS) is 15.8. The van der Waals surface area contributed by atoms with Gasteiger partial charge in [-0.3, -0.25) is 9.79 Å². The Kier molecular flexibility index (Phi) is 2.09. The Balaban J connectivity index is 1.99. The Bertz CT molecular complexity index is 731. The first-order valence-electron chi connectivity index (χ1n) is 6.42. The first kappa shape index (κ1) is 10.5. The maximum Gasteiger partial charge on any atom is 0.195 e. The van der Waals surface area contributed by atoms with Crippen molar-refractivity contribution in [1.82, 2.24) is 5.32 Å². The van der Waals surface area contributed by atoms with E-state index in [9.17, 15) is 4.79 Å². The largest absolute Gasteiger partial charge is 0.368 e. The van der Waals surface area contributed by atoms with Crippen molar-refractivity contribution in [3.8, 4) is 11.1 Å². The molecule has 0 aromatic heterocycles. The van der Waals surface area contributed by atoms with Crippen LogP contribution in [0.25, 0.3) is 11.1 Å². The molecule has 0 radical (unpaired) electrons. The van der Waals surface area contributed by atoms with E-state index in [1.165, 1.54) is 0 Å². The smallest absolute Gasteiger partial charge is 0.195 e. The third-order valence-electron chi connectivity index (χ3n) is 3.68. The highest BCUT2D eigenvalue weighted by Crippen LogP contribution is 2.38. The van der Waals surface area contributed by atoms with E-state index in [1.54, 1.807) is 0 Å². The summed E-state index contributed by atoms with van der Waals surface area (Å²) in [6.45, 7) is 1.63. The van der Waals surface area contributed by atoms with Gasteiger partial charge < -0.3 is 5.32 Å². The minimum Gasteiger partial charge on any atom is -0.368 e. The quantitative estimate of drug-likeness (QED) is 0.717. The SMILES string of the molecule is O=C1c2ccccc2-c2cccc(C3=NCCN3)c21. The highest BCUT2D eigenvalue weighted by Gasteiger charge is 2.30. The third kappa shape index (κ3) is 1.38. The van der Waals surface area contributed by atoms with Gasteiger partial charge in [-0.15, -0.1) is 0 Å². The Morgan fingerprint density at radius 2 is 1.63 bits per heavy atom. The summed E-state index contributed by atoms with van der Waals surface area (Å²) in [6.07, 6.45) is 0. The summed E-state index contributed by atoms with van der Waals surface area (Å²) in [5, 5.41) is 3.25. The van der Waals surface area contributed by atoms with Crippen molar-refractivity contribution in [3.05, 3.63) is 59.2 Å². The standard InChI is InChI=1S/C16H12N2O/c19-15-12-5-2-1-4-10(12)11-6-3-7-13(14(11)15)16-17-8-9-18-16/h1-7H,8-9H2,(H,17,18). The summed E-state index contributed by atoms with van der Waals surface area (Å²) in [6, 6.07) is 13.8. The molecule has 0 fully saturated rings. The Morgan fingerprint density at radius 3 is 2.42 bits per heavy atom. The van der Waals surface area contributed by atoms with Gasteiger partial charge in [0.05, 0.1) is 6.54 Å². The molecular weight excluding hydrogens is 236 g/mol. The van der Waals surface area contributed by atoms with Gasteiger partial charge >= 0.3 is 0 Å². The average molecular weight is 248 g/mol. The molecule has 2 aliphatic rings. The Morgan fingerprint density at radius 1 is 0.895 bits per heavy atom. The number of carbonyl (C=O) groups is 1. The van der Waals surface area contributed by atoms with Crippen LogP contribution >= 0.6 is 0 Å². The van der Waals surface area contributed by atoms with Crippen LogP contribution in [0.2, 0.25) is 0 Å². The number of benzene rings is 2. The molecule has 3 nitrogen and oxygen atoms in total. The van der Waals surface area contributed by atoms with E-state index in [2.05, 4.69) is 10.3 Å². The highest BCUT2D eigenvalue weighted by atomic mass is 16.1. The summed E-state index contributed by atoms with van der Waals surface area (Å²) in [7, 11) is 0. The number of fused-ring (bicyclic) bond motifs is 3. The number of aliphatic imine (C=N–C) groups is 1. The molecule has 4 rings (SSSR count).